The Balaban J connectivity index is 2.04. The molecule has 5 nitrogen and oxygen atoms in total. The van der Waals surface area contributed by atoms with E-state index in [1.807, 2.05) is 60.7 Å². The van der Waals surface area contributed by atoms with Crippen LogP contribution in [0.3, 0.4) is 0 Å². The maximum atomic E-state index is 11.2. The molecule has 0 aliphatic rings. The molecule has 27 heavy (non-hydrogen) atoms. The van der Waals surface area contributed by atoms with Gasteiger partial charge in [0.15, 0.2) is 0 Å². The number of aryl methyl sites for hydroxylation is 1. The van der Waals surface area contributed by atoms with E-state index < -0.39 is 5.97 Å². The lowest BCUT2D eigenvalue weighted by molar-refractivity contribution is -0.137. The number of carbonyl (C=O) groups excluding carboxylic acids is 1. The third-order valence-electron chi connectivity index (χ3n) is 4.14. The minimum Gasteiger partial charge on any atom is -0.481 e. The Morgan fingerprint density at radius 1 is 1.00 bits per heavy atom. The summed E-state index contributed by atoms with van der Waals surface area (Å²) in [4.78, 5) is 22.2. The number of halogens is 1. The second-order valence-corrected chi connectivity index (χ2v) is 7.09. The molecule has 2 aromatic carbocycles. The van der Waals surface area contributed by atoms with Crippen molar-refractivity contribution in [1.82, 2.24) is 4.57 Å². The van der Waals surface area contributed by atoms with Crippen LogP contribution in [-0.2, 0) is 16.0 Å². The molecule has 3 aromatic rings. The second kappa shape index (κ2) is 8.22. The number of aliphatic carboxylic acids is 1. The van der Waals surface area contributed by atoms with Gasteiger partial charge in [-0.15, -0.1) is 0 Å². The van der Waals surface area contributed by atoms with E-state index in [2.05, 4.69) is 25.8 Å². The van der Waals surface area contributed by atoms with Crippen molar-refractivity contribution in [3.63, 3.8) is 0 Å². The summed E-state index contributed by atoms with van der Waals surface area (Å²) in [5.41, 5.74) is 4.56. The van der Waals surface area contributed by atoms with E-state index in [1.165, 1.54) is 6.92 Å². The highest BCUT2D eigenvalue weighted by molar-refractivity contribution is 9.10. The van der Waals surface area contributed by atoms with Crippen molar-refractivity contribution in [2.24, 2.45) is 0 Å². The fraction of sp³-hybridized carbons (Fsp3) is 0.143. The van der Waals surface area contributed by atoms with E-state index >= 15 is 0 Å². The minimum absolute atomic E-state index is 0.0633. The van der Waals surface area contributed by atoms with Gasteiger partial charge in [0, 0.05) is 28.5 Å². The van der Waals surface area contributed by atoms with Crippen LogP contribution in [0.2, 0.25) is 0 Å². The van der Waals surface area contributed by atoms with Gasteiger partial charge in [0.1, 0.15) is 0 Å². The number of aromatic nitrogens is 1. The number of rotatable bonds is 6. The third kappa shape index (κ3) is 4.65. The first-order valence-corrected chi connectivity index (χ1v) is 9.30. The lowest BCUT2D eigenvalue weighted by Gasteiger charge is -2.15. The topological polar surface area (TPSA) is 71.3 Å². The fourth-order valence-electron chi connectivity index (χ4n) is 2.96. The fourth-order valence-corrected chi connectivity index (χ4v) is 3.22. The summed E-state index contributed by atoms with van der Waals surface area (Å²) in [6.07, 6.45) is 0.493. The molecule has 0 unspecified atom stereocenters. The number of carboxylic acid groups (broad SMARTS) is 1. The van der Waals surface area contributed by atoms with Crippen molar-refractivity contribution in [3.8, 4) is 16.9 Å². The summed E-state index contributed by atoms with van der Waals surface area (Å²) in [6.45, 7) is 1.47. The number of carboxylic acids is 1. The highest BCUT2D eigenvalue weighted by Crippen LogP contribution is 2.29. The van der Waals surface area contributed by atoms with Gasteiger partial charge in [-0.1, -0.05) is 28.1 Å². The molecular formula is C21H19BrN2O3. The maximum Gasteiger partial charge on any atom is 0.303 e. The molecule has 6 heteroatoms. The standard InChI is InChI=1S/C21H19BrN2O3/c1-14(25)23-17-6-8-18(9-7-17)24-19(11-13-21(26)27)10-12-20(24)15-2-4-16(22)5-3-15/h2-10,12H,11,13H2,1H3,(H,23,25)(H,26,27). The van der Waals surface area contributed by atoms with Crippen molar-refractivity contribution in [1.29, 1.82) is 0 Å². The third-order valence-corrected chi connectivity index (χ3v) is 4.67. The Kier molecular flexibility index (Phi) is 5.76. The molecule has 3 rings (SSSR count). The highest BCUT2D eigenvalue weighted by Gasteiger charge is 2.13. The van der Waals surface area contributed by atoms with Crippen LogP contribution < -0.4 is 5.32 Å². The molecule has 0 saturated heterocycles. The van der Waals surface area contributed by atoms with Gasteiger partial charge in [-0.25, -0.2) is 0 Å². The van der Waals surface area contributed by atoms with Crippen molar-refractivity contribution in [2.45, 2.75) is 19.8 Å². The molecule has 1 heterocycles. The minimum atomic E-state index is -0.825. The molecular weight excluding hydrogens is 408 g/mol. The Hall–Kier alpha value is -2.86. The molecule has 0 bridgehead atoms. The molecule has 0 fully saturated rings. The van der Waals surface area contributed by atoms with Gasteiger partial charge in [-0.05, 0) is 60.5 Å². The molecule has 1 aromatic heterocycles. The van der Waals surface area contributed by atoms with E-state index in [9.17, 15) is 9.59 Å². The SMILES string of the molecule is CC(=O)Nc1ccc(-n2c(CCC(=O)O)ccc2-c2ccc(Br)cc2)cc1. The van der Waals surface area contributed by atoms with Crippen molar-refractivity contribution in [3.05, 3.63) is 70.8 Å². The number of benzene rings is 2. The Morgan fingerprint density at radius 2 is 1.67 bits per heavy atom. The molecule has 0 atom stereocenters. The first kappa shape index (κ1) is 18.9. The van der Waals surface area contributed by atoms with Crippen LogP contribution in [-0.4, -0.2) is 21.6 Å². The second-order valence-electron chi connectivity index (χ2n) is 6.17. The first-order valence-electron chi connectivity index (χ1n) is 8.50. The van der Waals surface area contributed by atoms with E-state index in [0.29, 0.717) is 6.42 Å². The summed E-state index contributed by atoms with van der Waals surface area (Å²) in [5.74, 6) is -0.949. The van der Waals surface area contributed by atoms with Crippen LogP contribution in [0.4, 0.5) is 5.69 Å². The predicted molar refractivity (Wildman–Crippen MR) is 109 cm³/mol. The lowest BCUT2D eigenvalue weighted by Crippen LogP contribution is -2.07. The molecule has 2 N–H and O–H groups in total. The Morgan fingerprint density at radius 3 is 2.26 bits per heavy atom. The van der Waals surface area contributed by atoms with Crippen molar-refractivity contribution >= 4 is 33.5 Å². The van der Waals surface area contributed by atoms with E-state index in [1.54, 1.807) is 0 Å². The van der Waals surface area contributed by atoms with Crippen molar-refractivity contribution < 1.29 is 14.7 Å². The predicted octanol–water partition coefficient (Wildman–Crippen LogP) is 4.88. The number of hydrogen-bond acceptors (Lipinski definition) is 2. The molecule has 138 valence electrons. The zero-order valence-corrected chi connectivity index (χ0v) is 16.4. The number of nitrogens with zero attached hydrogens (tertiary/aromatic N) is 1. The lowest BCUT2D eigenvalue weighted by atomic mass is 10.1. The summed E-state index contributed by atoms with van der Waals surface area (Å²) >= 11 is 3.45. The van der Waals surface area contributed by atoms with Gasteiger partial charge in [0.2, 0.25) is 5.91 Å². The number of nitrogens with one attached hydrogen (secondary N) is 1. The van der Waals surface area contributed by atoms with E-state index in [4.69, 9.17) is 5.11 Å². The largest absolute Gasteiger partial charge is 0.481 e. The van der Waals surface area contributed by atoms with Gasteiger partial charge < -0.3 is 15.0 Å². The smallest absolute Gasteiger partial charge is 0.303 e. The number of hydrogen-bond donors (Lipinski definition) is 2. The number of amides is 1. The molecule has 0 aliphatic heterocycles. The van der Waals surface area contributed by atoms with Crippen LogP contribution in [0.15, 0.2) is 65.1 Å². The zero-order valence-electron chi connectivity index (χ0n) is 14.8. The van der Waals surface area contributed by atoms with Crippen LogP contribution in [0, 0.1) is 0 Å². The quantitative estimate of drug-likeness (QED) is 0.589. The first-order chi connectivity index (χ1) is 12.9. The van der Waals surface area contributed by atoms with Gasteiger partial charge in [-0.2, -0.15) is 0 Å². The van der Waals surface area contributed by atoms with Gasteiger partial charge in [-0.3, -0.25) is 9.59 Å². The summed E-state index contributed by atoms with van der Waals surface area (Å²) in [5, 5.41) is 11.8. The van der Waals surface area contributed by atoms with Crippen LogP contribution in [0.1, 0.15) is 19.0 Å². The van der Waals surface area contributed by atoms with Crippen LogP contribution in [0.5, 0.6) is 0 Å². The molecule has 0 spiro atoms. The van der Waals surface area contributed by atoms with Gasteiger partial charge >= 0.3 is 5.97 Å². The van der Waals surface area contributed by atoms with Crippen LogP contribution >= 0.6 is 15.9 Å². The van der Waals surface area contributed by atoms with Gasteiger partial charge in [0.25, 0.3) is 0 Å². The Bertz CT molecular complexity index is 960. The zero-order chi connectivity index (χ0) is 19.4. The number of anilines is 1. The number of carbonyl (C=O) groups is 2. The monoisotopic (exact) mass is 426 g/mol. The molecule has 0 aliphatic carbocycles. The summed E-state index contributed by atoms with van der Waals surface area (Å²) in [7, 11) is 0. The van der Waals surface area contributed by atoms with E-state index in [-0.39, 0.29) is 12.3 Å². The Labute approximate surface area is 165 Å². The molecule has 1 amide bonds. The molecule has 0 radical (unpaired) electrons. The van der Waals surface area contributed by atoms with Crippen molar-refractivity contribution in [2.75, 3.05) is 5.32 Å². The summed E-state index contributed by atoms with van der Waals surface area (Å²) in [6, 6.07) is 19.4. The average Bonchev–Trinajstić information content (AvgIpc) is 3.04. The van der Waals surface area contributed by atoms with Gasteiger partial charge in [0.05, 0.1) is 12.1 Å². The molecule has 0 saturated carbocycles. The van der Waals surface area contributed by atoms with E-state index in [0.717, 1.165) is 32.8 Å². The highest BCUT2D eigenvalue weighted by atomic mass is 79.9. The average molecular weight is 427 g/mol. The normalized spacial score (nSPS) is 10.6. The van der Waals surface area contributed by atoms with Crippen LogP contribution in [0.25, 0.3) is 16.9 Å². The summed E-state index contributed by atoms with van der Waals surface area (Å²) < 4.78 is 3.05. The maximum absolute atomic E-state index is 11.2.